The van der Waals surface area contributed by atoms with Crippen LogP contribution in [0, 0.1) is 0 Å². The lowest BCUT2D eigenvalue weighted by atomic mass is 10.1. The molecule has 0 atom stereocenters. The quantitative estimate of drug-likeness (QED) is 0.510. The van der Waals surface area contributed by atoms with Crippen molar-refractivity contribution < 1.29 is 9.94 Å². The monoisotopic (exact) mass is 259 g/mol. The Morgan fingerprint density at radius 3 is 3.00 bits per heavy atom. The maximum absolute atomic E-state index is 8.75. The first kappa shape index (κ1) is 13.1. The molecule has 0 radical (unpaired) electrons. The zero-order chi connectivity index (χ0) is 13.7. The number of oxime groups is 1. The van der Waals surface area contributed by atoms with E-state index in [1.165, 1.54) is 0 Å². The van der Waals surface area contributed by atoms with Gasteiger partial charge in [-0.3, -0.25) is 4.68 Å². The molecule has 0 spiro atoms. The predicted octanol–water partition coefficient (Wildman–Crippen LogP) is 2.68. The molecule has 1 heterocycles. The average Bonchev–Trinajstić information content (AvgIpc) is 2.92. The third-order valence-corrected chi connectivity index (χ3v) is 2.82. The predicted molar refractivity (Wildman–Crippen MR) is 72.7 cm³/mol. The molecule has 0 bridgehead atoms. The summed E-state index contributed by atoms with van der Waals surface area (Å²) in [5.74, 6) is 0.741. The number of hydrogen-bond acceptors (Lipinski definition) is 4. The van der Waals surface area contributed by atoms with Gasteiger partial charge in [0.25, 0.3) is 0 Å². The number of nitrogens with zero attached hydrogens (tertiary/aromatic N) is 3. The summed E-state index contributed by atoms with van der Waals surface area (Å²) < 4.78 is 7.55. The van der Waals surface area contributed by atoms with E-state index < -0.39 is 0 Å². The highest BCUT2D eigenvalue weighted by molar-refractivity contribution is 5.98. The minimum absolute atomic E-state index is 0.471. The van der Waals surface area contributed by atoms with Crippen LogP contribution in [-0.4, -0.2) is 20.7 Å². The largest absolute Gasteiger partial charge is 0.489 e. The molecule has 0 unspecified atom stereocenters. The zero-order valence-electron chi connectivity index (χ0n) is 11.1. The first-order valence-corrected chi connectivity index (χ1v) is 6.16. The number of benzene rings is 1. The topological polar surface area (TPSA) is 59.6 Å². The molecule has 0 aliphatic heterocycles. The average molecular weight is 259 g/mol. The van der Waals surface area contributed by atoms with Gasteiger partial charge in [0.15, 0.2) is 0 Å². The van der Waals surface area contributed by atoms with E-state index in [0.717, 1.165) is 23.4 Å². The van der Waals surface area contributed by atoms with Crippen LogP contribution < -0.4 is 4.74 Å². The van der Waals surface area contributed by atoms with E-state index >= 15 is 0 Å². The zero-order valence-corrected chi connectivity index (χ0v) is 11.1. The highest BCUT2D eigenvalue weighted by Crippen LogP contribution is 2.15. The minimum Gasteiger partial charge on any atom is -0.489 e. The van der Waals surface area contributed by atoms with Crippen LogP contribution in [0.4, 0.5) is 0 Å². The van der Waals surface area contributed by atoms with Crippen LogP contribution in [0.15, 0.2) is 41.8 Å². The fourth-order valence-corrected chi connectivity index (χ4v) is 1.69. The normalized spacial score (nSPS) is 11.6. The van der Waals surface area contributed by atoms with E-state index in [9.17, 15) is 0 Å². The van der Waals surface area contributed by atoms with E-state index in [2.05, 4.69) is 10.3 Å². The summed E-state index contributed by atoms with van der Waals surface area (Å²) in [6.45, 7) is 5.10. The SMILES string of the molecule is CCn1cc(COc2cccc(/C(C)=N/O)c2)cn1. The maximum Gasteiger partial charge on any atom is 0.120 e. The summed E-state index contributed by atoms with van der Waals surface area (Å²) >= 11 is 0. The molecular formula is C14H17N3O2. The van der Waals surface area contributed by atoms with Crippen LogP contribution in [0.5, 0.6) is 5.75 Å². The van der Waals surface area contributed by atoms with Crippen LogP contribution in [0.2, 0.25) is 0 Å². The van der Waals surface area contributed by atoms with Gasteiger partial charge in [0.2, 0.25) is 0 Å². The summed E-state index contributed by atoms with van der Waals surface area (Å²) in [5.41, 5.74) is 2.42. The lowest BCUT2D eigenvalue weighted by molar-refractivity contribution is 0.306. The molecule has 2 rings (SSSR count). The standard InChI is InChI=1S/C14H17N3O2/c1-3-17-9-12(8-15-17)10-19-14-6-4-5-13(7-14)11(2)16-18/h4-9,18H,3,10H2,1-2H3/b16-11+. The summed E-state index contributed by atoms with van der Waals surface area (Å²) in [5, 5.41) is 16.1. The van der Waals surface area contributed by atoms with Crippen molar-refractivity contribution in [3.05, 3.63) is 47.8 Å². The fourth-order valence-electron chi connectivity index (χ4n) is 1.69. The van der Waals surface area contributed by atoms with Crippen molar-refractivity contribution in [3.8, 4) is 5.75 Å². The Balaban J connectivity index is 2.03. The smallest absolute Gasteiger partial charge is 0.120 e. The first-order chi connectivity index (χ1) is 9.22. The lowest BCUT2D eigenvalue weighted by Gasteiger charge is -2.06. The first-order valence-electron chi connectivity index (χ1n) is 6.16. The van der Waals surface area contributed by atoms with E-state index in [0.29, 0.717) is 12.3 Å². The second-order valence-electron chi connectivity index (χ2n) is 4.21. The van der Waals surface area contributed by atoms with Crippen LogP contribution in [0.3, 0.4) is 0 Å². The minimum atomic E-state index is 0.471. The van der Waals surface area contributed by atoms with Crippen LogP contribution in [0.25, 0.3) is 0 Å². The van der Waals surface area contributed by atoms with Gasteiger partial charge in [-0.05, 0) is 26.0 Å². The Hall–Kier alpha value is -2.30. The number of aromatic nitrogens is 2. The number of aryl methyl sites for hydroxylation is 1. The number of rotatable bonds is 5. The van der Waals surface area contributed by atoms with E-state index in [4.69, 9.17) is 9.94 Å². The Kier molecular flexibility index (Phi) is 4.18. The second-order valence-corrected chi connectivity index (χ2v) is 4.21. The van der Waals surface area contributed by atoms with Crippen molar-refractivity contribution in [1.82, 2.24) is 9.78 Å². The number of hydrogen-bond donors (Lipinski definition) is 1. The van der Waals surface area contributed by atoms with Gasteiger partial charge in [-0.2, -0.15) is 5.10 Å². The Morgan fingerprint density at radius 1 is 1.47 bits per heavy atom. The van der Waals surface area contributed by atoms with Crippen LogP contribution >= 0.6 is 0 Å². The molecule has 5 nitrogen and oxygen atoms in total. The molecule has 0 saturated carbocycles. The van der Waals surface area contributed by atoms with Crippen molar-refractivity contribution in [1.29, 1.82) is 0 Å². The second kappa shape index (κ2) is 6.04. The molecule has 2 aromatic rings. The van der Waals surface area contributed by atoms with Gasteiger partial charge in [-0.1, -0.05) is 17.3 Å². The molecule has 5 heteroatoms. The third-order valence-electron chi connectivity index (χ3n) is 2.82. The molecule has 0 amide bonds. The summed E-state index contributed by atoms with van der Waals surface area (Å²) in [6.07, 6.45) is 3.76. The van der Waals surface area contributed by atoms with Gasteiger partial charge in [-0.15, -0.1) is 0 Å². The summed E-state index contributed by atoms with van der Waals surface area (Å²) in [6, 6.07) is 7.46. The molecule has 0 saturated heterocycles. The molecule has 0 aliphatic carbocycles. The highest BCUT2D eigenvalue weighted by atomic mass is 16.5. The molecule has 0 fully saturated rings. The van der Waals surface area contributed by atoms with Gasteiger partial charge in [0.1, 0.15) is 12.4 Å². The molecule has 100 valence electrons. The van der Waals surface area contributed by atoms with Gasteiger partial charge in [-0.25, -0.2) is 0 Å². The van der Waals surface area contributed by atoms with Gasteiger partial charge in [0, 0.05) is 23.9 Å². The summed E-state index contributed by atoms with van der Waals surface area (Å²) in [4.78, 5) is 0. The van der Waals surface area contributed by atoms with Crippen molar-refractivity contribution >= 4 is 5.71 Å². The number of ether oxygens (including phenoxy) is 1. The molecule has 1 aromatic heterocycles. The maximum atomic E-state index is 8.75. The molecule has 0 aliphatic rings. The van der Waals surface area contributed by atoms with Crippen molar-refractivity contribution in [2.24, 2.45) is 5.16 Å². The van der Waals surface area contributed by atoms with Crippen molar-refractivity contribution in [2.45, 2.75) is 27.0 Å². The van der Waals surface area contributed by atoms with Gasteiger partial charge in [0.05, 0.1) is 11.9 Å². The van der Waals surface area contributed by atoms with Crippen molar-refractivity contribution in [2.75, 3.05) is 0 Å². The van der Waals surface area contributed by atoms with E-state index in [1.54, 1.807) is 13.1 Å². The molecular weight excluding hydrogens is 242 g/mol. The van der Waals surface area contributed by atoms with E-state index in [1.807, 2.05) is 42.1 Å². The van der Waals surface area contributed by atoms with E-state index in [-0.39, 0.29) is 0 Å². The molecule has 19 heavy (non-hydrogen) atoms. The Labute approximate surface area is 112 Å². The lowest BCUT2D eigenvalue weighted by Crippen LogP contribution is -1.98. The summed E-state index contributed by atoms with van der Waals surface area (Å²) in [7, 11) is 0. The third kappa shape index (κ3) is 3.34. The van der Waals surface area contributed by atoms with Gasteiger partial charge < -0.3 is 9.94 Å². The van der Waals surface area contributed by atoms with Crippen LogP contribution in [-0.2, 0) is 13.2 Å². The Morgan fingerprint density at radius 2 is 2.32 bits per heavy atom. The highest BCUT2D eigenvalue weighted by Gasteiger charge is 2.02. The fraction of sp³-hybridized carbons (Fsp3) is 0.286. The molecule has 1 N–H and O–H groups in total. The van der Waals surface area contributed by atoms with Gasteiger partial charge >= 0.3 is 0 Å². The van der Waals surface area contributed by atoms with Crippen molar-refractivity contribution in [3.63, 3.8) is 0 Å². The Bertz CT molecular complexity index is 576. The van der Waals surface area contributed by atoms with Crippen LogP contribution in [0.1, 0.15) is 25.0 Å². The molecule has 1 aromatic carbocycles.